The van der Waals surface area contributed by atoms with E-state index in [-0.39, 0.29) is 18.9 Å². The maximum atomic E-state index is 12.9. The van der Waals surface area contributed by atoms with E-state index in [1.165, 1.54) is 57.8 Å². The summed E-state index contributed by atoms with van der Waals surface area (Å²) in [5.74, 6) is -0.259. The van der Waals surface area contributed by atoms with Gasteiger partial charge >= 0.3 is 0 Å². The Kier molecular flexibility index (Phi) is 27.2. The van der Waals surface area contributed by atoms with E-state index >= 15 is 0 Å². The van der Waals surface area contributed by atoms with E-state index in [9.17, 15) is 45.6 Å². The summed E-state index contributed by atoms with van der Waals surface area (Å²) < 4.78 is 22.4. The van der Waals surface area contributed by atoms with Crippen LogP contribution in [-0.2, 0) is 23.7 Å². The number of aliphatic hydroxyl groups is 8. The lowest BCUT2D eigenvalue weighted by atomic mass is 9.97. The molecule has 14 nitrogen and oxygen atoms in total. The quantitative estimate of drug-likeness (QED) is 0.0376. The largest absolute Gasteiger partial charge is 0.394 e. The average Bonchev–Trinajstić information content (AvgIpc) is 3.19. The van der Waals surface area contributed by atoms with Crippen molar-refractivity contribution in [3.05, 3.63) is 36.5 Å². The smallest absolute Gasteiger partial charge is 0.220 e. The van der Waals surface area contributed by atoms with Crippen LogP contribution in [0.3, 0.4) is 0 Å². The highest BCUT2D eigenvalue weighted by molar-refractivity contribution is 5.76. The predicted octanol–water partition coefficient (Wildman–Crippen LogP) is 3.20. The number of nitrogens with one attached hydrogen (secondary N) is 1. The molecule has 2 aliphatic heterocycles. The first-order chi connectivity index (χ1) is 27.1. The molecular formula is C42H75NO13. The molecule has 326 valence electrons. The molecule has 0 aliphatic carbocycles. The van der Waals surface area contributed by atoms with Gasteiger partial charge in [0, 0.05) is 6.42 Å². The van der Waals surface area contributed by atoms with Crippen molar-refractivity contribution in [1.82, 2.24) is 5.32 Å². The summed E-state index contributed by atoms with van der Waals surface area (Å²) in [6.45, 7) is 2.50. The van der Waals surface area contributed by atoms with Crippen LogP contribution in [0, 0.1) is 0 Å². The van der Waals surface area contributed by atoms with E-state index in [1.54, 1.807) is 12.2 Å². The van der Waals surface area contributed by atoms with Crippen LogP contribution >= 0.6 is 0 Å². The van der Waals surface area contributed by atoms with Gasteiger partial charge in [-0.3, -0.25) is 4.79 Å². The van der Waals surface area contributed by atoms with Crippen molar-refractivity contribution in [2.45, 2.75) is 203 Å². The predicted molar refractivity (Wildman–Crippen MR) is 212 cm³/mol. The molecule has 0 aromatic carbocycles. The molecule has 2 heterocycles. The molecule has 2 fully saturated rings. The number of hydrogen-bond acceptors (Lipinski definition) is 13. The molecule has 1 amide bonds. The maximum Gasteiger partial charge on any atom is 0.220 e. The Labute approximate surface area is 334 Å². The lowest BCUT2D eigenvalue weighted by Crippen LogP contribution is -2.65. The van der Waals surface area contributed by atoms with Gasteiger partial charge in [-0.05, 0) is 44.9 Å². The van der Waals surface area contributed by atoms with Crippen molar-refractivity contribution in [3.63, 3.8) is 0 Å². The number of carbonyl (C=O) groups is 1. The molecule has 14 heteroatoms. The molecule has 0 radical (unpaired) electrons. The minimum Gasteiger partial charge on any atom is -0.394 e. The van der Waals surface area contributed by atoms with Gasteiger partial charge in [0.1, 0.15) is 48.8 Å². The second-order valence-corrected chi connectivity index (χ2v) is 15.1. The van der Waals surface area contributed by atoms with E-state index in [0.29, 0.717) is 6.42 Å². The molecule has 56 heavy (non-hydrogen) atoms. The number of carbonyl (C=O) groups excluding carboxylic acids is 1. The summed E-state index contributed by atoms with van der Waals surface area (Å²) in [6.07, 6.45) is 14.5. The zero-order chi connectivity index (χ0) is 41.1. The third kappa shape index (κ3) is 18.9. The van der Waals surface area contributed by atoms with Gasteiger partial charge in [0.2, 0.25) is 5.91 Å². The number of unbranched alkanes of at least 4 members (excludes halogenated alkanes) is 13. The Balaban J connectivity index is 1.74. The van der Waals surface area contributed by atoms with Crippen molar-refractivity contribution >= 4 is 5.91 Å². The van der Waals surface area contributed by atoms with Crippen molar-refractivity contribution in [2.75, 3.05) is 19.8 Å². The number of hydrogen-bond donors (Lipinski definition) is 9. The van der Waals surface area contributed by atoms with E-state index in [1.807, 2.05) is 6.92 Å². The van der Waals surface area contributed by atoms with Gasteiger partial charge in [0.25, 0.3) is 0 Å². The summed E-state index contributed by atoms with van der Waals surface area (Å²) in [7, 11) is 0. The Morgan fingerprint density at radius 2 is 1.21 bits per heavy atom. The van der Waals surface area contributed by atoms with E-state index in [0.717, 1.165) is 44.9 Å². The lowest BCUT2D eigenvalue weighted by Gasteiger charge is -2.46. The first-order valence-electron chi connectivity index (χ1n) is 21.2. The molecular weight excluding hydrogens is 726 g/mol. The van der Waals surface area contributed by atoms with Gasteiger partial charge in [-0.1, -0.05) is 115 Å². The maximum absolute atomic E-state index is 12.9. The van der Waals surface area contributed by atoms with Gasteiger partial charge in [-0.25, -0.2) is 0 Å². The number of allylic oxidation sites excluding steroid dienone is 5. The fraction of sp³-hybridized carbons (Fsp3) is 0.833. The van der Waals surface area contributed by atoms with Crippen LogP contribution < -0.4 is 5.32 Å². The van der Waals surface area contributed by atoms with Crippen LogP contribution in [0.2, 0.25) is 0 Å². The monoisotopic (exact) mass is 802 g/mol. The standard InChI is InChI=1S/C42H75NO13/c1-3-5-7-8-9-10-11-12-13-14-15-16-17-18-19-20-21-22-24-26-34(47)43-30(31(46)25-23-6-4-2)29-53-41-39(52)37(50)40(33(28-45)55-41)56-42-38(51)36(49)35(48)32(27-44)54-42/h9-10,12-13,23,25,30-33,35-42,44-46,48-52H,3-8,11,14-22,24,26-29H2,1-2H3,(H,43,47)/b10-9-,13-12-,25-23+. The second kappa shape index (κ2) is 30.3. The number of aliphatic hydroxyl groups excluding tert-OH is 8. The first-order valence-corrected chi connectivity index (χ1v) is 21.2. The van der Waals surface area contributed by atoms with Gasteiger partial charge in [-0.2, -0.15) is 0 Å². The molecule has 0 aromatic rings. The molecule has 9 N–H and O–H groups in total. The molecule has 0 spiro atoms. The summed E-state index contributed by atoms with van der Waals surface area (Å²) in [5.41, 5.74) is 0. The van der Waals surface area contributed by atoms with Crippen LogP contribution in [0.25, 0.3) is 0 Å². The van der Waals surface area contributed by atoms with Gasteiger partial charge < -0.3 is 65.1 Å². The summed E-state index contributed by atoms with van der Waals surface area (Å²) >= 11 is 0. The third-order valence-corrected chi connectivity index (χ3v) is 10.3. The van der Waals surface area contributed by atoms with Crippen molar-refractivity contribution in [3.8, 4) is 0 Å². The van der Waals surface area contributed by atoms with Crippen LogP contribution in [0.5, 0.6) is 0 Å². The molecule has 2 rings (SSSR count). The number of ether oxygens (including phenoxy) is 4. The first kappa shape index (κ1) is 50.4. The third-order valence-electron chi connectivity index (χ3n) is 10.3. The van der Waals surface area contributed by atoms with Crippen molar-refractivity contribution < 1.29 is 64.6 Å². The molecule has 0 saturated carbocycles. The Hall–Kier alpha value is -1.79. The molecule has 0 aromatic heterocycles. The van der Waals surface area contributed by atoms with Crippen LogP contribution in [0.15, 0.2) is 36.5 Å². The van der Waals surface area contributed by atoms with Crippen LogP contribution in [0.4, 0.5) is 0 Å². The van der Waals surface area contributed by atoms with E-state index in [4.69, 9.17) is 18.9 Å². The normalized spacial score (nSPS) is 29.8. The SMILES string of the molecule is CCC/C=C/C(O)C(COC1OC(CO)C(OC2OC(CO)C(O)C(O)C2O)C(O)C1O)NC(=O)CCCCCCCCCCC/C=C\C/C=C\CCCCC. The lowest BCUT2D eigenvalue weighted by molar-refractivity contribution is -0.359. The molecule has 0 bridgehead atoms. The summed E-state index contributed by atoms with van der Waals surface area (Å²) in [6, 6.07) is -0.910. The highest BCUT2D eigenvalue weighted by Gasteiger charge is 2.50. The van der Waals surface area contributed by atoms with E-state index < -0.39 is 86.8 Å². The van der Waals surface area contributed by atoms with Gasteiger partial charge in [-0.15, -0.1) is 0 Å². The number of rotatable bonds is 30. The highest BCUT2D eigenvalue weighted by Crippen LogP contribution is 2.29. The molecule has 2 saturated heterocycles. The Bertz CT molecular complexity index is 1090. The topological polar surface area (TPSA) is 228 Å². The Morgan fingerprint density at radius 1 is 0.643 bits per heavy atom. The number of amides is 1. The second-order valence-electron chi connectivity index (χ2n) is 15.1. The van der Waals surface area contributed by atoms with E-state index in [2.05, 4.69) is 36.5 Å². The zero-order valence-electron chi connectivity index (χ0n) is 33.9. The van der Waals surface area contributed by atoms with Crippen LogP contribution in [-0.4, -0.2) is 140 Å². The minimum absolute atomic E-state index is 0.259. The average molecular weight is 802 g/mol. The fourth-order valence-electron chi connectivity index (χ4n) is 6.74. The van der Waals surface area contributed by atoms with Crippen molar-refractivity contribution in [2.24, 2.45) is 0 Å². The minimum atomic E-state index is -1.78. The van der Waals surface area contributed by atoms with Gasteiger partial charge in [0.15, 0.2) is 12.6 Å². The highest BCUT2D eigenvalue weighted by atomic mass is 16.7. The summed E-state index contributed by atoms with van der Waals surface area (Å²) in [5, 5.41) is 85.6. The van der Waals surface area contributed by atoms with Crippen molar-refractivity contribution in [1.29, 1.82) is 0 Å². The summed E-state index contributed by atoms with van der Waals surface area (Å²) in [4.78, 5) is 12.9. The Morgan fingerprint density at radius 3 is 1.82 bits per heavy atom. The van der Waals surface area contributed by atoms with Gasteiger partial charge in [0.05, 0.1) is 32.0 Å². The molecule has 12 atom stereocenters. The molecule has 12 unspecified atom stereocenters. The van der Waals surface area contributed by atoms with Crippen LogP contribution in [0.1, 0.15) is 129 Å². The fourth-order valence-corrected chi connectivity index (χ4v) is 6.74. The molecule has 2 aliphatic rings. The zero-order valence-corrected chi connectivity index (χ0v) is 33.9.